The fourth-order valence-electron chi connectivity index (χ4n) is 1.71. The largest absolute Gasteiger partial charge is 0.454 e. The van der Waals surface area contributed by atoms with Crippen LogP contribution in [0.15, 0.2) is 22.7 Å². The number of nitrogens with zero attached hydrogens (tertiary/aromatic N) is 1. The number of rotatable bonds is 2. The molecule has 2 heterocycles. The van der Waals surface area contributed by atoms with Gasteiger partial charge in [-0.1, -0.05) is 16.8 Å². The lowest BCUT2D eigenvalue weighted by atomic mass is 10.2. The highest BCUT2D eigenvalue weighted by molar-refractivity contribution is 6.32. The number of carbonyl (C=O) groups is 1. The molecule has 98 valence electrons. The first-order valence-corrected chi connectivity index (χ1v) is 5.85. The molecule has 0 atom stereocenters. The lowest BCUT2D eigenvalue weighted by Gasteiger charge is -2.04. The number of halogens is 1. The maximum Gasteiger partial charge on any atom is 0.257 e. The van der Waals surface area contributed by atoms with Gasteiger partial charge in [0.25, 0.3) is 5.91 Å². The van der Waals surface area contributed by atoms with E-state index in [1.54, 1.807) is 19.1 Å². The molecule has 0 saturated carbocycles. The third-order valence-electron chi connectivity index (χ3n) is 2.56. The molecule has 19 heavy (non-hydrogen) atoms. The van der Waals surface area contributed by atoms with Gasteiger partial charge in [0.2, 0.25) is 6.79 Å². The van der Waals surface area contributed by atoms with Gasteiger partial charge in [-0.05, 0) is 19.1 Å². The van der Waals surface area contributed by atoms with E-state index in [0.717, 1.165) is 0 Å². The first-order chi connectivity index (χ1) is 9.13. The Hall–Kier alpha value is -2.21. The van der Waals surface area contributed by atoms with Crippen molar-refractivity contribution in [3.05, 3.63) is 34.5 Å². The summed E-state index contributed by atoms with van der Waals surface area (Å²) in [4.78, 5) is 12.0. The molecule has 3 rings (SSSR count). The summed E-state index contributed by atoms with van der Waals surface area (Å²) < 4.78 is 15.2. The molecule has 0 fully saturated rings. The van der Waals surface area contributed by atoms with Gasteiger partial charge in [-0.25, -0.2) is 0 Å². The zero-order valence-corrected chi connectivity index (χ0v) is 10.7. The van der Waals surface area contributed by atoms with E-state index in [9.17, 15) is 4.79 Å². The number of nitrogens with one attached hydrogen (secondary N) is 1. The third-order valence-corrected chi connectivity index (χ3v) is 2.84. The van der Waals surface area contributed by atoms with E-state index >= 15 is 0 Å². The molecule has 0 saturated heterocycles. The van der Waals surface area contributed by atoms with Gasteiger partial charge >= 0.3 is 0 Å². The number of fused-ring (bicyclic) bond motifs is 1. The molecule has 0 bridgehead atoms. The number of hydrogen-bond donors (Lipinski definition) is 1. The van der Waals surface area contributed by atoms with Crippen molar-refractivity contribution in [3.63, 3.8) is 0 Å². The standard InChI is InChI=1S/C12H9ClN2O4/c1-6-2-10(15-19-6)14-12(16)7-3-8(13)11-9(4-7)17-5-18-11/h2-4H,5H2,1H3,(H,14,15,16). The first-order valence-electron chi connectivity index (χ1n) is 5.47. The zero-order valence-electron chi connectivity index (χ0n) is 9.90. The molecule has 1 N–H and O–H groups in total. The molecule has 1 amide bonds. The number of benzene rings is 1. The molecular formula is C12H9ClN2O4. The minimum Gasteiger partial charge on any atom is -0.454 e. The van der Waals surface area contributed by atoms with Crippen molar-refractivity contribution in [1.82, 2.24) is 5.16 Å². The molecule has 0 unspecified atom stereocenters. The van der Waals surface area contributed by atoms with Crippen molar-refractivity contribution in [2.24, 2.45) is 0 Å². The van der Waals surface area contributed by atoms with E-state index in [0.29, 0.717) is 33.7 Å². The Labute approximate surface area is 113 Å². The fourth-order valence-corrected chi connectivity index (χ4v) is 1.98. The summed E-state index contributed by atoms with van der Waals surface area (Å²) in [6, 6.07) is 4.69. The van der Waals surface area contributed by atoms with Gasteiger partial charge in [-0.15, -0.1) is 0 Å². The van der Waals surface area contributed by atoms with E-state index in [4.69, 9.17) is 25.6 Å². The molecule has 0 radical (unpaired) electrons. The predicted molar refractivity (Wildman–Crippen MR) is 66.8 cm³/mol. The monoisotopic (exact) mass is 280 g/mol. The van der Waals surface area contributed by atoms with Crippen LogP contribution in [0.4, 0.5) is 5.82 Å². The molecular weight excluding hydrogens is 272 g/mol. The van der Waals surface area contributed by atoms with E-state index < -0.39 is 0 Å². The van der Waals surface area contributed by atoms with Gasteiger partial charge in [-0.2, -0.15) is 0 Å². The maximum absolute atomic E-state index is 12.0. The number of aromatic nitrogens is 1. The van der Waals surface area contributed by atoms with Crippen LogP contribution in [0.25, 0.3) is 0 Å². The minimum atomic E-state index is -0.353. The van der Waals surface area contributed by atoms with Crippen LogP contribution in [-0.4, -0.2) is 17.9 Å². The number of amides is 1. The Morgan fingerprint density at radius 3 is 2.95 bits per heavy atom. The summed E-state index contributed by atoms with van der Waals surface area (Å²) in [5.74, 6) is 1.51. The number of ether oxygens (including phenoxy) is 2. The van der Waals surface area contributed by atoms with Crippen LogP contribution in [0.2, 0.25) is 5.02 Å². The van der Waals surface area contributed by atoms with Crippen LogP contribution in [-0.2, 0) is 0 Å². The summed E-state index contributed by atoms with van der Waals surface area (Å²) >= 11 is 6.01. The molecule has 2 aromatic rings. The number of hydrogen-bond acceptors (Lipinski definition) is 5. The molecule has 1 aromatic carbocycles. The lowest BCUT2D eigenvalue weighted by Crippen LogP contribution is -2.12. The van der Waals surface area contributed by atoms with Gasteiger partial charge in [0.05, 0.1) is 5.02 Å². The van der Waals surface area contributed by atoms with Crippen LogP contribution in [0.1, 0.15) is 16.1 Å². The molecule has 6 nitrogen and oxygen atoms in total. The third kappa shape index (κ3) is 2.22. The summed E-state index contributed by atoms with van der Waals surface area (Å²) in [7, 11) is 0. The van der Waals surface area contributed by atoms with Crippen LogP contribution in [0, 0.1) is 6.92 Å². The quantitative estimate of drug-likeness (QED) is 0.915. The van der Waals surface area contributed by atoms with Crippen LogP contribution >= 0.6 is 11.6 Å². The van der Waals surface area contributed by atoms with E-state index in [1.165, 1.54) is 6.07 Å². The summed E-state index contributed by atoms with van der Waals surface area (Å²) in [5, 5.41) is 6.61. The molecule has 1 aliphatic rings. The Bertz CT molecular complexity index is 653. The number of anilines is 1. The highest BCUT2D eigenvalue weighted by Crippen LogP contribution is 2.39. The highest BCUT2D eigenvalue weighted by Gasteiger charge is 2.21. The van der Waals surface area contributed by atoms with Crippen molar-refractivity contribution in [2.75, 3.05) is 12.1 Å². The molecule has 0 aliphatic carbocycles. The number of carbonyl (C=O) groups excluding carboxylic acids is 1. The zero-order chi connectivity index (χ0) is 13.4. The molecule has 1 aromatic heterocycles. The van der Waals surface area contributed by atoms with Crippen LogP contribution in [0.5, 0.6) is 11.5 Å². The Morgan fingerprint density at radius 2 is 2.21 bits per heavy atom. The normalized spacial score (nSPS) is 12.5. The summed E-state index contributed by atoms with van der Waals surface area (Å²) in [5.41, 5.74) is 0.356. The topological polar surface area (TPSA) is 73.6 Å². The fraction of sp³-hybridized carbons (Fsp3) is 0.167. The van der Waals surface area contributed by atoms with Gasteiger partial charge in [0.1, 0.15) is 5.76 Å². The van der Waals surface area contributed by atoms with Crippen LogP contribution < -0.4 is 14.8 Å². The van der Waals surface area contributed by atoms with Crippen molar-refractivity contribution in [3.8, 4) is 11.5 Å². The van der Waals surface area contributed by atoms with Crippen molar-refractivity contribution < 1.29 is 18.8 Å². The van der Waals surface area contributed by atoms with Gasteiger partial charge in [0.15, 0.2) is 17.3 Å². The molecule has 1 aliphatic heterocycles. The Morgan fingerprint density at radius 1 is 1.37 bits per heavy atom. The van der Waals surface area contributed by atoms with Crippen LogP contribution in [0.3, 0.4) is 0 Å². The Balaban J connectivity index is 1.86. The smallest absolute Gasteiger partial charge is 0.257 e. The van der Waals surface area contributed by atoms with E-state index in [1.807, 2.05) is 0 Å². The molecule has 7 heteroatoms. The number of aryl methyl sites for hydroxylation is 1. The predicted octanol–water partition coefficient (Wildman–Crippen LogP) is 2.62. The average molecular weight is 281 g/mol. The lowest BCUT2D eigenvalue weighted by molar-refractivity contribution is 0.102. The Kier molecular flexibility index (Phi) is 2.79. The minimum absolute atomic E-state index is 0.0998. The van der Waals surface area contributed by atoms with Gasteiger partial charge in [-0.3, -0.25) is 4.79 Å². The second-order valence-electron chi connectivity index (χ2n) is 3.97. The highest BCUT2D eigenvalue weighted by atomic mass is 35.5. The van der Waals surface area contributed by atoms with Gasteiger partial charge in [0, 0.05) is 11.6 Å². The van der Waals surface area contributed by atoms with Crippen molar-refractivity contribution >= 4 is 23.3 Å². The van der Waals surface area contributed by atoms with E-state index in [2.05, 4.69) is 10.5 Å². The van der Waals surface area contributed by atoms with Gasteiger partial charge < -0.3 is 19.3 Å². The first kappa shape index (κ1) is 11.9. The van der Waals surface area contributed by atoms with E-state index in [-0.39, 0.29) is 12.7 Å². The summed E-state index contributed by atoms with van der Waals surface area (Å²) in [6.07, 6.45) is 0. The SMILES string of the molecule is Cc1cc(NC(=O)c2cc(Cl)c3c(c2)OCO3)no1. The van der Waals surface area contributed by atoms with Crippen molar-refractivity contribution in [2.45, 2.75) is 6.92 Å². The molecule has 0 spiro atoms. The second kappa shape index (κ2) is 4.47. The summed E-state index contributed by atoms with van der Waals surface area (Å²) in [6.45, 7) is 1.84. The second-order valence-corrected chi connectivity index (χ2v) is 4.38. The maximum atomic E-state index is 12.0. The van der Waals surface area contributed by atoms with Crippen molar-refractivity contribution in [1.29, 1.82) is 0 Å². The average Bonchev–Trinajstić information content (AvgIpc) is 2.98.